The molecule has 1 aromatic rings. The molecule has 0 saturated heterocycles. The Bertz CT molecular complexity index is 853. The summed E-state index contributed by atoms with van der Waals surface area (Å²) in [6.45, 7) is 14.0. The monoisotopic (exact) mass is 378 g/mol. The Balaban J connectivity index is 1.82. The van der Waals surface area contributed by atoms with Gasteiger partial charge in [0.25, 0.3) is 0 Å². The predicted molar refractivity (Wildman–Crippen MR) is 122 cm³/mol. The number of nitrogens with zero attached hydrogens (tertiary/aromatic N) is 2. The number of hydrogen-bond donors (Lipinski definition) is 0. The van der Waals surface area contributed by atoms with Crippen molar-refractivity contribution in [1.29, 1.82) is 0 Å². The molecule has 0 saturated carbocycles. The molecule has 0 atom stereocenters. The van der Waals surface area contributed by atoms with Gasteiger partial charge in [-0.05, 0) is 92.6 Å². The van der Waals surface area contributed by atoms with E-state index in [4.69, 9.17) is 5.10 Å². The Morgan fingerprint density at radius 3 is 1.82 bits per heavy atom. The Labute approximate surface area is 172 Å². The van der Waals surface area contributed by atoms with Gasteiger partial charge in [0.15, 0.2) is 0 Å². The molecule has 2 aliphatic carbocycles. The Hall–Kier alpha value is -1.83. The van der Waals surface area contributed by atoms with Crippen molar-refractivity contribution in [1.82, 2.24) is 9.78 Å². The van der Waals surface area contributed by atoms with E-state index in [2.05, 4.69) is 71.9 Å². The van der Waals surface area contributed by atoms with Crippen LogP contribution in [0, 0.1) is 10.8 Å². The van der Waals surface area contributed by atoms with Crippen LogP contribution < -0.4 is 0 Å². The first kappa shape index (κ1) is 20.9. The highest BCUT2D eigenvalue weighted by atomic mass is 15.3. The van der Waals surface area contributed by atoms with Crippen molar-refractivity contribution in [3.8, 4) is 0 Å². The summed E-state index contributed by atoms with van der Waals surface area (Å²) in [6, 6.07) is 2.20. The average molecular weight is 379 g/mol. The van der Waals surface area contributed by atoms with Crippen LogP contribution in [0.2, 0.25) is 0 Å². The van der Waals surface area contributed by atoms with Crippen LogP contribution in [0.3, 0.4) is 0 Å². The van der Waals surface area contributed by atoms with Gasteiger partial charge in [-0.25, -0.2) is 0 Å². The summed E-state index contributed by atoms with van der Waals surface area (Å²) in [6.07, 6.45) is 16.7. The molecule has 0 spiro atoms. The molecular formula is C26H38N2. The van der Waals surface area contributed by atoms with Gasteiger partial charge in [-0.3, -0.25) is 4.68 Å². The highest BCUT2D eigenvalue weighted by Gasteiger charge is 2.27. The fourth-order valence-electron chi connectivity index (χ4n) is 5.10. The maximum absolute atomic E-state index is 4.73. The van der Waals surface area contributed by atoms with Gasteiger partial charge in [0, 0.05) is 7.05 Å². The molecule has 2 heteroatoms. The third kappa shape index (κ3) is 4.42. The highest BCUT2D eigenvalue weighted by Crippen LogP contribution is 2.42. The van der Waals surface area contributed by atoms with Gasteiger partial charge < -0.3 is 0 Å². The molecule has 2 nitrogen and oxygen atoms in total. The van der Waals surface area contributed by atoms with Crippen LogP contribution in [0.15, 0.2) is 40.5 Å². The van der Waals surface area contributed by atoms with E-state index >= 15 is 0 Å². The van der Waals surface area contributed by atoms with Crippen LogP contribution in [0.4, 0.5) is 0 Å². The predicted octanol–water partition coefficient (Wildman–Crippen LogP) is 7.50. The lowest BCUT2D eigenvalue weighted by Gasteiger charge is -2.32. The largest absolute Gasteiger partial charge is 0.268 e. The van der Waals surface area contributed by atoms with Crippen molar-refractivity contribution in [3.05, 3.63) is 51.9 Å². The van der Waals surface area contributed by atoms with Crippen LogP contribution in [0.1, 0.15) is 91.5 Å². The minimum absolute atomic E-state index is 0.271. The van der Waals surface area contributed by atoms with Gasteiger partial charge in [-0.1, -0.05) is 51.0 Å². The molecule has 28 heavy (non-hydrogen) atoms. The molecule has 2 aliphatic rings. The van der Waals surface area contributed by atoms with Crippen LogP contribution in [0.5, 0.6) is 0 Å². The summed E-state index contributed by atoms with van der Waals surface area (Å²) >= 11 is 0. The minimum Gasteiger partial charge on any atom is -0.268 e. The minimum atomic E-state index is 0.271. The first-order valence-electron chi connectivity index (χ1n) is 10.9. The first-order valence-corrected chi connectivity index (χ1v) is 10.9. The summed E-state index contributed by atoms with van der Waals surface area (Å²) in [4.78, 5) is 0. The van der Waals surface area contributed by atoms with Gasteiger partial charge in [0.1, 0.15) is 0 Å². The van der Waals surface area contributed by atoms with E-state index in [1.807, 2.05) is 11.7 Å². The third-order valence-electron chi connectivity index (χ3n) is 6.86. The second kappa shape index (κ2) is 7.89. The van der Waals surface area contributed by atoms with Gasteiger partial charge in [0.05, 0.1) is 11.4 Å². The number of allylic oxidation sites excluding steroid dienone is 6. The van der Waals surface area contributed by atoms with Crippen molar-refractivity contribution in [2.75, 3.05) is 0 Å². The van der Waals surface area contributed by atoms with E-state index in [1.54, 1.807) is 0 Å². The van der Waals surface area contributed by atoms with Gasteiger partial charge >= 0.3 is 0 Å². The van der Waals surface area contributed by atoms with Crippen molar-refractivity contribution in [2.24, 2.45) is 17.9 Å². The van der Waals surface area contributed by atoms with Crippen molar-refractivity contribution < 1.29 is 0 Å². The fraction of sp³-hybridized carbons (Fsp3) is 0.577. The van der Waals surface area contributed by atoms with E-state index in [9.17, 15) is 0 Å². The summed E-state index contributed by atoms with van der Waals surface area (Å²) in [5.74, 6) is 0. The molecule has 0 aliphatic heterocycles. The zero-order valence-electron chi connectivity index (χ0n) is 19.0. The molecule has 0 amide bonds. The summed E-state index contributed by atoms with van der Waals surface area (Å²) in [5.41, 5.74) is 8.81. The zero-order valence-corrected chi connectivity index (χ0v) is 19.0. The lowest BCUT2D eigenvalue weighted by Crippen LogP contribution is -2.19. The molecule has 3 rings (SSSR count). The van der Waals surface area contributed by atoms with Crippen molar-refractivity contribution in [3.63, 3.8) is 0 Å². The number of hydrogen-bond acceptors (Lipinski definition) is 1. The first-order chi connectivity index (χ1) is 13.1. The third-order valence-corrected chi connectivity index (χ3v) is 6.86. The second-order valence-corrected chi connectivity index (χ2v) is 10.1. The standard InChI is InChI=1S/C26H38N2/c1-19-10-8-16-25(3,4)23(19)14-12-21-18-22(28(7)27-21)13-15-24-20(2)11-9-17-26(24,5)6/h12-15,18H,8-11,16-17H2,1-7H3/b14-12+,15-13+. The van der Waals surface area contributed by atoms with E-state index in [1.165, 1.54) is 60.8 Å². The second-order valence-electron chi connectivity index (χ2n) is 10.1. The summed E-state index contributed by atoms with van der Waals surface area (Å²) < 4.78 is 2.00. The molecule has 1 heterocycles. The average Bonchev–Trinajstić information content (AvgIpc) is 2.92. The maximum atomic E-state index is 4.73. The maximum Gasteiger partial charge on any atom is 0.0857 e. The smallest absolute Gasteiger partial charge is 0.0857 e. The van der Waals surface area contributed by atoms with Crippen LogP contribution in [-0.2, 0) is 7.05 Å². The van der Waals surface area contributed by atoms with E-state index in [0.717, 1.165) is 11.4 Å². The lowest BCUT2D eigenvalue weighted by atomic mass is 9.72. The Kier molecular flexibility index (Phi) is 5.89. The van der Waals surface area contributed by atoms with E-state index in [-0.39, 0.29) is 10.8 Å². The normalized spacial score (nSPS) is 22.7. The molecule has 0 radical (unpaired) electrons. The van der Waals surface area contributed by atoms with Crippen LogP contribution >= 0.6 is 0 Å². The van der Waals surface area contributed by atoms with Gasteiger partial charge in [-0.2, -0.15) is 5.10 Å². The van der Waals surface area contributed by atoms with Gasteiger partial charge in [0.2, 0.25) is 0 Å². The molecule has 1 aromatic heterocycles. The topological polar surface area (TPSA) is 17.8 Å². The fourth-order valence-corrected chi connectivity index (χ4v) is 5.10. The van der Waals surface area contributed by atoms with Crippen molar-refractivity contribution in [2.45, 2.75) is 80.1 Å². The lowest BCUT2D eigenvalue weighted by molar-refractivity contribution is 0.377. The SMILES string of the molecule is CC1=C(/C=C/c2cc(/C=C/C3=C(C)CCCC3(C)C)n(C)n2)C(C)(C)CCC1. The van der Waals surface area contributed by atoms with Gasteiger partial charge in [-0.15, -0.1) is 0 Å². The van der Waals surface area contributed by atoms with Crippen molar-refractivity contribution >= 4 is 12.2 Å². The molecule has 0 fully saturated rings. The molecule has 0 aromatic carbocycles. The molecule has 0 bridgehead atoms. The Morgan fingerprint density at radius 2 is 1.32 bits per heavy atom. The summed E-state index contributed by atoms with van der Waals surface area (Å²) in [5, 5.41) is 4.73. The van der Waals surface area contributed by atoms with E-state index in [0.29, 0.717) is 0 Å². The molecular weight excluding hydrogens is 340 g/mol. The summed E-state index contributed by atoms with van der Waals surface area (Å²) in [7, 11) is 2.04. The molecule has 0 unspecified atom stereocenters. The highest BCUT2D eigenvalue weighted by molar-refractivity contribution is 5.58. The number of rotatable bonds is 4. The molecule has 152 valence electrons. The quantitative estimate of drug-likeness (QED) is 0.530. The van der Waals surface area contributed by atoms with Crippen LogP contribution in [-0.4, -0.2) is 9.78 Å². The number of aromatic nitrogens is 2. The van der Waals surface area contributed by atoms with Crippen LogP contribution in [0.25, 0.3) is 12.2 Å². The number of aryl methyl sites for hydroxylation is 1. The molecule has 0 N–H and O–H groups in total. The van der Waals surface area contributed by atoms with E-state index < -0.39 is 0 Å². The Morgan fingerprint density at radius 1 is 0.821 bits per heavy atom. The zero-order chi connectivity index (χ0) is 20.5.